The highest BCUT2D eigenvalue weighted by Gasteiger charge is 2.54. The average molecular weight is 1790 g/mol. The number of nitriles is 1. The van der Waals surface area contributed by atoms with Crippen LogP contribution in [0.1, 0.15) is 128 Å². The SMILES string of the molecule is COc1ccc(C(OC[C@H]2C[C@@H](OCCCNC(=O)CNC(=O)OCC(COC(=O)NCC(=O)NCCCO[C@@H]3O[C@H](COC(c4ccccc4)(c4ccc(OC)cc4)c4ccc(OC)cc4)[C@H](OC(C)=O)[C@H](OC(C)=O)[C@H]3NC(C)=O)OP(OCCC#N)N(C(C)C)C(C)C)[C@H](NC(C)=O)[C@@H](OC(C)=O)[C@H]2OC(C)=O)(c2ccccc2)c2ccc(OC)cc2)cc1. The van der Waals surface area contributed by atoms with Gasteiger partial charge in [0.2, 0.25) is 23.6 Å². The first-order valence-corrected chi connectivity index (χ1v) is 42.8. The van der Waals surface area contributed by atoms with Crippen LogP contribution < -0.4 is 50.8 Å². The standard InChI is InChI=1S/C91H117N8O27P/c1-57(2)99(58(3)4)127(120-49-21-44-92)126-76(54-116-88(108)95-51-79(106)93-45-22-47-114-77-50-65(83(121-61(7)102)85(123-63(9)104)81(77)97-59(5)100)53-118-90(66-24-17-15-18-25-66,68-28-36-72(110-11)37-29-68)69-30-38-73(111-12)39-31-69)55-117-89(109)96-52-80(107)94-46-23-48-115-87-82(98-60(6)101)86(124-64(10)105)84(122-62(8)103)78(125-87)56-119-91(67-26-19-16-20-27-67,70-32-40-74(112-13)41-33-70)71-34-42-75(113-14)43-35-71/h15-20,24-43,57-58,65,76-78,81-87H,21-23,45-56H2,1-14H3,(H,93,106)(H,94,107)(H,95,108)(H,96,109)(H,97,100)(H,98,101)/t65-,76?,77-,78-,81+,82-,83+,84+,85-,86-,87-,127?/m1/s1. The minimum Gasteiger partial charge on any atom is -0.497 e. The number of esters is 4. The quantitative estimate of drug-likeness (QED) is 0.00681. The summed E-state index contributed by atoms with van der Waals surface area (Å²) >= 11 is 0. The van der Waals surface area contributed by atoms with Crippen LogP contribution in [0.2, 0.25) is 0 Å². The van der Waals surface area contributed by atoms with Crippen LogP contribution in [-0.4, -0.2) is 238 Å². The van der Waals surface area contributed by atoms with Crippen molar-refractivity contribution in [3.63, 3.8) is 0 Å². The van der Waals surface area contributed by atoms with Crippen molar-refractivity contribution in [1.29, 1.82) is 5.26 Å². The van der Waals surface area contributed by atoms with Gasteiger partial charge >= 0.3 is 36.1 Å². The molecule has 0 spiro atoms. The molecule has 0 radical (unpaired) electrons. The fraction of sp³-hybridized carbons (Fsp3) is 0.484. The number of carbonyl (C=O) groups is 10. The molecule has 688 valence electrons. The van der Waals surface area contributed by atoms with Crippen LogP contribution in [0.4, 0.5) is 9.59 Å². The van der Waals surface area contributed by atoms with Crippen LogP contribution >= 0.6 is 8.53 Å². The maximum Gasteiger partial charge on any atom is 0.407 e. The topological polar surface area (TPSA) is 427 Å². The van der Waals surface area contributed by atoms with E-state index in [9.17, 15) is 53.2 Å². The monoisotopic (exact) mass is 1780 g/mol. The number of rotatable bonds is 48. The summed E-state index contributed by atoms with van der Waals surface area (Å²) in [6.45, 7) is 11.9. The molecule has 8 rings (SSSR count). The Balaban J connectivity index is 0.877. The smallest absolute Gasteiger partial charge is 0.407 e. The average Bonchev–Trinajstić information content (AvgIpc) is 0.750. The molecule has 6 aromatic rings. The predicted molar refractivity (Wildman–Crippen MR) is 460 cm³/mol. The fourth-order valence-electron chi connectivity index (χ4n) is 15.0. The number of methoxy groups -OCH3 is 4. The molecule has 35 nitrogen and oxygen atoms in total. The first kappa shape index (κ1) is 101. The van der Waals surface area contributed by atoms with E-state index in [0.717, 1.165) is 12.5 Å². The summed E-state index contributed by atoms with van der Waals surface area (Å²) in [5.74, 6) is -3.69. The van der Waals surface area contributed by atoms with Crippen molar-refractivity contribution in [3.8, 4) is 29.1 Å². The van der Waals surface area contributed by atoms with Crippen molar-refractivity contribution in [3.05, 3.63) is 191 Å². The van der Waals surface area contributed by atoms with Gasteiger partial charge in [-0.3, -0.25) is 38.4 Å². The second-order valence-electron chi connectivity index (χ2n) is 30.3. The van der Waals surface area contributed by atoms with E-state index in [2.05, 4.69) is 31.9 Å². The highest BCUT2D eigenvalue weighted by molar-refractivity contribution is 7.44. The summed E-state index contributed by atoms with van der Waals surface area (Å²) in [5, 5.41) is 25.2. The molecule has 1 saturated carbocycles. The maximum atomic E-state index is 13.4. The molecule has 1 aliphatic carbocycles. The van der Waals surface area contributed by atoms with Gasteiger partial charge in [-0.1, -0.05) is 109 Å². The Kier molecular flexibility index (Phi) is 40.2. The van der Waals surface area contributed by atoms with E-state index in [-0.39, 0.29) is 83.9 Å². The molecule has 1 saturated heterocycles. The van der Waals surface area contributed by atoms with E-state index in [1.54, 1.807) is 52.7 Å². The van der Waals surface area contributed by atoms with Gasteiger partial charge in [0.25, 0.3) is 8.53 Å². The lowest BCUT2D eigenvalue weighted by Gasteiger charge is -2.46. The predicted octanol–water partition coefficient (Wildman–Crippen LogP) is 9.05. The number of nitrogens with one attached hydrogen (secondary N) is 6. The molecule has 127 heavy (non-hydrogen) atoms. The molecule has 6 aromatic carbocycles. The van der Waals surface area contributed by atoms with Crippen molar-refractivity contribution in [2.24, 2.45) is 5.92 Å². The molecule has 0 bridgehead atoms. The van der Waals surface area contributed by atoms with E-state index >= 15 is 0 Å². The Morgan fingerprint density at radius 3 is 1.24 bits per heavy atom. The molecule has 2 unspecified atom stereocenters. The molecular weight excluding hydrogens is 1670 g/mol. The summed E-state index contributed by atoms with van der Waals surface area (Å²) in [4.78, 5) is 131. The lowest BCUT2D eigenvalue weighted by Crippen LogP contribution is -2.66. The molecule has 6 amide bonds. The molecule has 0 aromatic heterocycles. The Hall–Kier alpha value is -11.6. The fourth-order valence-corrected chi connectivity index (χ4v) is 16.6. The Morgan fingerprint density at radius 1 is 0.472 bits per heavy atom. The van der Waals surface area contributed by atoms with E-state index in [0.29, 0.717) is 50.8 Å². The van der Waals surface area contributed by atoms with E-state index in [1.165, 1.54) is 34.6 Å². The van der Waals surface area contributed by atoms with Gasteiger partial charge in [0.15, 0.2) is 24.6 Å². The highest BCUT2D eigenvalue weighted by Crippen LogP contribution is 2.49. The van der Waals surface area contributed by atoms with Crippen molar-refractivity contribution < 1.29 is 128 Å². The summed E-state index contributed by atoms with van der Waals surface area (Å²) in [5.41, 5.74) is 1.45. The molecule has 1 heterocycles. The molecule has 6 N–H and O–H groups in total. The number of carbonyl (C=O) groups excluding carboxylic acids is 10. The largest absolute Gasteiger partial charge is 0.497 e. The van der Waals surface area contributed by atoms with Gasteiger partial charge in [-0.15, -0.1) is 0 Å². The highest BCUT2D eigenvalue weighted by atomic mass is 31.2. The molecule has 2 aliphatic rings. The van der Waals surface area contributed by atoms with Gasteiger partial charge in [-0.25, -0.2) is 14.3 Å². The summed E-state index contributed by atoms with van der Waals surface area (Å²) in [6.07, 6.45) is -11.7. The number of hydrogen-bond donors (Lipinski definition) is 6. The lowest BCUT2D eigenvalue weighted by atomic mass is 9.77. The molecule has 12 atom stereocenters. The normalized spacial score (nSPS) is 19.0. The van der Waals surface area contributed by atoms with Crippen LogP contribution in [0.25, 0.3) is 0 Å². The summed E-state index contributed by atoms with van der Waals surface area (Å²) < 4.78 is 105. The third-order valence-corrected chi connectivity index (χ3v) is 22.6. The Morgan fingerprint density at radius 2 is 0.850 bits per heavy atom. The van der Waals surface area contributed by atoms with E-state index < -0.39 is 173 Å². The minimum absolute atomic E-state index is 0.00149. The number of benzene rings is 6. The van der Waals surface area contributed by atoms with Crippen LogP contribution in [0.15, 0.2) is 158 Å². The van der Waals surface area contributed by atoms with Crippen molar-refractivity contribution in [1.82, 2.24) is 36.6 Å². The molecule has 36 heteroatoms. The third kappa shape index (κ3) is 29.5. The summed E-state index contributed by atoms with van der Waals surface area (Å²) in [6, 6.07) is 47.6. The second-order valence-corrected chi connectivity index (χ2v) is 31.7. The van der Waals surface area contributed by atoms with Crippen LogP contribution in [0.5, 0.6) is 23.0 Å². The zero-order valence-corrected chi connectivity index (χ0v) is 74.9. The Bertz CT molecular complexity index is 4190. The number of amides is 6. The first-order valence-electron chi connectivity index (χ1n) is 41.7. The molecular formula is C91H117N8O27P. The minimum atomic E-state index is -2.02. The number of hydrogen-bond acceptors (Lipinski definition) is 29. The van der Waals surface area contributed by atoms with Gasteiger partial charge in [0, 0.05) is 79.2 Å². The summed E-state index contributed by atoms with van der Waals surface area (Å²) in [7, 11) is 4.20. The molecule has 2 fully saturated rings. The van der Waals surface area contributed by atoms with Gasteiger partial charge in [-0.05, 0) is 129 Å². The maximum absolute atomic E-state index is 13.4. The zero-order valence-electron chi connectivity index (χ0n) is 74.0. The van der Waals surface area contributed by atoms with Gasteiger partial charge < -0.3 is 112 Å². The van der Waals surface area contributed by atoms with E-state index in [4.69, 9.17) is 80.1 Å². The van der Waals surface area contributed by atoms with Gasteiger partial charge in [0.1, 0.15) is 71.8 Å². The van der Waals surface area contributed by atoms with Crippen LogP contribution in [0, 0.1) is 17.2 Å². The van der Waals surface area contributed by atoms with Crippen LogP contribution in [0.3, 0.4) is 0 Å². The van der Waals surface area contributed by atoms with Crippen molar-refractivity contribution >= 4 is 68.2 Å². The number of ether oxygens (including phenoxy) is 15. The van der Waals surface area contributed by atoms with Crippen molar-refractivity contribution in [2.45, 2.75) is 179 Å². The lowest BCUT2D eigenvalue weighted by molar-refractivity contribution is -0.282. The van der Waals surface area contributed by atoms with Crippen LogP contribution in [-0.2, 0) is 111 Å². The van der Waals surface area contributed by atoms with Gasteiger partial charge in [-0.2, -0.15) is 5.26 Å². The number of alkyl carbamates (subject to hydrolysis) is 2. The second kappa shape index (κ2) is 50.7. The first-order chi connectivity index (χ1) is 61.0. The number of nitrogens with zero attached hydrogens (tertiary/aromatic N) is 2. The third-order valence-electron chi connectivity index (χ3n) is 20.4. The molecule has 1 aliphatic heterocycles. The van der Waals surface area contributed by atoms with E-state index in [1.807, 2.05) is 172 Å². The van der Waals surface area contributed by atoms with Gasteiger partial charge in [0.05, 0.1) is 92.6 Å². The van der Waals surface area contributed by atoms with Crippen molar-refractivity contribution in [2.75, 3.05) is 101 Å². The Labute approximate surface area is 741 Å². The zero-order chi connectivity index (χ0) is 92.2.